The topological polar surface area (TPSA) is 23.5 Å². The monoisotopic (exact) mass is 505 g/mol. The van der Waals surface area contributed by atoms with E-state index in [-0.39, 0.29) is 17.4 Å². The van der Waals surface area contributed by atoms with Gasteiger partial charge in [-0.25, -0.2) is 8.78 Å². The van der Waals surface area contributed by atoms with Crippen LogP contribution < -0.4 is 4.90 Å². The summed E-state index contributed by atoms with van der Waals surface area (Å²) < 4.78 is 30.9. The van der Waals surface area contributed by atoms with Crippen molar-refractivity contribution in [2.45, 2.75) is 25.4 Å². The number of anilines is 1. The van der Waals surface area contributed by atoms with E-state index in [9.17, 15) is 5.11 Å². The molecule has 1 heterocycles. The Labute approximate surface area is 200 Å². The van der Waals surface area contributed by atoms with Gasteiger partial charge in [-0.2, -0.15) is 0 Å². The maximum absolute atomic E-state index is 15.3. The van der Waals surface area contributed by atoms with E-state index in [1.807, 2.05) is 60.7 Å². The number of para-hydroxylation sites is 2. The van der Waals surface area contributed by atoms with E-state index in [0.29, 0.717) is 10.9 Å². The molecule has 0 spiro atoms. The number of phenolic OH excluding ortho intramolecular Hbond substituents is 1. The molecule has 0 aliphatic carbocycles. The molecule has 166 valence electrons. The molecule has 0 saturated carbocycles. The maximum Gasteiger partial charge on any atom is 0.132 e. The van der Waals surface area contributed by atoms with Gasteiger partial charge >= 0.3 is 0 Å². The van der Waals surface area contributed by atoms with Crippen molar-refractivity contribution in [3.63, 3.8) is 0 Å². The molecule has 33 heavy (non-hydrogen) atoms. The highest BCUT2D eigenvalue weighted by Crippen LogP contribution is 2.44. The van der Waals surface area contributed by atoms with Gasteiger partial charge in [0.25, 0.3) is 0 Å². The number of rotatable bonds is 3. The summed E-state index contributed by atoms with van der Waals surface area (Å²) in [5, 5.41) is 10.3. The fourth-order valence-electron chi connectivity index (χ4n) is 4.87. The summed E-state index contributed by atoms with van der Waals surface area (Å²) >= 11 is 3.20. The van der Waals surface area contributed by atoms with Crippen molar-refractivity contribution >= 4 is 21.6 Å². The second-order valence-corrected chi connectivity index (χ2v) is 9.33. The summed E-state index contributed by atoms with van der Waals surface area (Å²) in [4.78, 5) is 2.09. The molecule has 0 aromatic heterocycles. The Kier molecular flexibility index (Phi) is 5.67. The van der Waals surface area contributed by atoms with Crippen molar-refractivity contribution in [2.24, 2.45) is 0 Å². The van der Waals surface area contributed by atoms with Crippen molar-refractivity contribution in [1.29, 1.82) is 0 Å². The molecule has 1 N–H and O–H groups in total. The van der Waals surface area contributed by atoms with Crippen LogP contribution in [0.15, 0.2) is 89.4 Å². The van der Waals surface area contributed by atoms with Crippen molar-refractivity contribution in [2.75, 3.05) is 4.90 Å². The number of halogens is 3. The van der Waals surface area contributed by atoms with Crippen LogP contribution in [0.5, 0.6) is 5.75 Å². The minimum absolute atomic E-state index is 0.00744. The zero-order valence-electron chi connectivity index (χ0n) is 18.0. The molecule has 0 amide bonds. The highest BCUT2D eigenvalue weighted by molar-refractivity contribution is 9.10. The highest BCUT2D eigenvalue weighted by atomic mass is 79.9. The van der Waals surface area contributed by atoms with E-state index in [4.69, 9.17) is 0 Å². The smallest absolute Gasteiger partial charge is 0.132 e. The van der Waals surface area contributed by atoms with Gasteiger partial charge in [0, 0.05) is 21.8 Å². The van der Waals surface area contributed by atoms with Crippen LogP contribution in [0.4, 0.5) is 14.5 Å². The maximum atomic E-state index is 15.3. The first-order valence-corrected chi connectivity index (χ1v) is 11.6. The molecule has 2 nitrogen and oxygen atoms in total. The zero-order chi connectivity index (χ0) is 23.1. The third-order valence-corrected chi connectivity index (χ3v) is 6.75. The molecule has 0 saturated heterocycles. The predicted octanol–water partition coefficient (Wildman–Crippen LogP) is 7.64. The first-order valence-electron chi connectivity index (χ1n) is 10.8. The second-order valence-electron chi connectivity index (χ2n) is 8.41. The predicted molar refractivity (Wildman–Crippen MR) is 132 cm³/mol. The van der Waals surface area contributed by atoms with Crippen LogP contribution in [0.2, 0.25) is 0 Å². The van der Waals surface area contributed by atoms with Gasteiger partial charge in [-0.15, -0.1) is 0 Å². The van der Waals surface area contributed by atoms with Crippen LogP contribution in [-0.4, -0.2) is 11.1 Å². The molecule has 0 radical (unpaired) electrons. The second kappa shape index (κ2) is 8.64. The lowest BCUT2D eigenvalue weighted by molar-refractivity contribution is 0.477. The highest BCUT2D eigenvalue weighted by Gasteiger charge is 2.37. The molecule has 5 heteroatoms. The van der Waals surface area contributed by atoms with Crippen LogP contribution in [-0.2, 0) is 6.42 Å². The van der Waals surface area contributed by atoms with Gasteiger partial charge in [0.05, 0.1) is 11.6 Å². The van der Waals surface area contributed by atoms with E-state index in [0.717, 1.165) is 27.9 Å². The summed E-state index contributed by atoms with van der Waals surface area (Å²) in [5.41, 5.74) is 4.43. The molecule has 5 rings (SSSR count). The van der Waals surface area contributed by atoms with Crippen molar-refractivity contribution in [3.8, 4) is 16.9 Å². The Balaban J connectivity index is 1.72. The fraction of sp³-hybridized carbons (Fsp3) is 0.143. The molecule has 1 aliphatic rings. The summed E-state index contributed by atoms with van der Waals surface area (Å²) in [6.07, 6.45) is 0.710. The number of fused-ring (bicyclic) bond motifs is 1. The van der Waals surface area contributed by atoms with E-state index in [1.54, 1.807) is 12.1 Å². The van der Waals surface area contributed by atoms with Crippen molar-refractivity contribution in [1.82, 2.24) is 0 Å². The lowest BCUT2D eigenvalue weighted by atomic mass is 9.82. The molecule has 0 bridgehead atoms. The van der Waals surface area contributed by atoms with Crippen molar-refractivity contribution < 1.29 is 13.9 Å². The summed E-state index contributed by atoms with van der Waals surface area (Å²) in [6.45, 7) is 2.07. The zero-order valence-corrected chi connectivity index (χ0v) is 19.6. The van der Waals surface area contributed by atoms with E-state index in [1.165, 1.54) is 12.1 Å². The van der Waals surface area contributed by atoms with Crippen LogP contribution in [0.3, 0.4) is 0 Å². The Morgan fingerprint density at radius 1 is 0.879 bits per heavy atom. The number of phenols is 1. The average molecular weight is 506 g/mol. The number of hydrogen-bond acceptors (Lipinski definition) is 2. The van der Waals surface area contributed by atoms with E-state index >= 15 is 8.78 Å². The summed E-state index contributed by atoms with van der Waals surface area (Å²) in [7, 11) is 0. The molecular formula is C28H22BrF2NO. The molecule has 4 aromatic carbocycles. The van der Waals surface area contributed by atoms with Gasteiger partial charge in [0.2, 0.25) is 0 Å². The Bertz CT molecular complexity index is 1300. The van der Waals surface area contributed by atoms with E-state index in [2.05, 4.69) is 27.8 Å². The number of benzene rings is 4. The van der Waals surface area contributed by atoms with Crippen molar-refractivity contribution in [3.05, 3.63) is 118 Å². The molecule has 0 unspecified atom stereocenters. The molecular weight excluding hydrogens is 484 g/mol. The lowest BCUT2D eigenvalue weighted by Gasteiger charge is -2.44. The summed E-state index contributed by atoms with van der Waals surface area (Å²) in [5.74, 6) is -0.968. The number of nitrogens with zero attached hydrogens (tertiary/aromatic N) is 1. The minimum Gasteiger partial charge on any atom is -0.507 e. The normalized spacial score (nSPS) is 17.6. The van der Waals surface area contributed by atoms with Gasteiger partial charge in [0.1, 0.15) is 17.4 Å². The quantitative estimate of drug-likeness (QED) is 0.309. The largest absolute Gasteiger partial charge is 0.507 e. The number of hydrogen-bond donors (Lipinski definition) is 1. The van der Waals surface area contributed by atoms with Crippen LogP contribution in [0.1, 0.15) is 29.7 Å². The standard InChI is InChI=1S/C28H22BrF2NO/c1-17-13-19-14-18(22-9-5-6-10-26(22)33)11-12-23(19)28(32(17)21-7-3-2-4-8-21)27-24(30)15-20(29)16-25(27)31/h2-12,14-17,28,33H,13H2,1H3/t17-,28+/m1/s1. The van der Waals surface area contributed by atoms with Crippen LogP contribution >= 0.6 is 15.9 Å². The average Bonchev–Trinajstić information content (AvgIpc) is 2.79. The third kappa shape index (κ3) is 3.91. The fourth-order valence-corrected chi connectivity index (χ4v) is 5.27. The number of aromatic hydroxyl groups is 1. The SMILES string of the molecule is C[C@@H]1Cc2cc(-c3ccccc3O)ccc2[C@@H](c2c(F)cc(Br)cc2F)N1c1ccccc1. The Morgan fingerprint density at radius 3 is 2.24 bits per heavy atom. The van der Waals surface area contributed by atoms with Crippen LogP contribution in [0.25, 0.3) is 11.1 Å². The molecule has 4 aromatic rings. The van der Waals surface area contributed by atoms with Gasteiger partial charge in [-0.1, -0.05) is 70.5 Å². The minimum atomic E-state index is -0.627. The lowest BCUT2D eigenvalue weighted by Crippen LogP contribution is -2.43. The summed E-state index contributed by atoms with van der Waals surface area (Å²) in [6, 6.07) is 24.8. The van der Waals surface area contributed by atoms with Gasteiger partial charge in [-0.05, 0) is 60.4 Å². The first-order chi connectivity index (χ1) is 15.9. The van der Waals surface area contributed by atoms with E-state index < -0.39 is 17.7 Å². The van der Waals surface area contributed by atoms with Gasteiger partial charge < -0.3 is 10.0 Å². The molecule has 0 fully saturated rings. The van der Waals surface area contributed by atoms with Gasteiger partial charge in [0.15, 0.2) is 0 Å². The van der Waals surface area contributed by atoms with Gasteiger partial charge in [-0.3, -0.25) is 0 Å². The Morgan fingerprint density at radius 2 is 1.55 bits per heavy atom. The van der Waals surface area contributed by atoms with Crippen LogP contribution in [0, 0.1) is 11.6 Å². The Hall–Kier alpha value is -3.18. The molecule has 1 aliphatic heterocycles. The third-order valence-electron chi connectivity index (χ3n) is 6.29. The molecule has 2 atom stereocenters. The first kappa shape index (κ1) is 21.7.